The van der Waals surface area contributed by atoms with Gasteiger partial charge in [0.05, 0.1) is 6.20 Å². The molecule has 0 bridgehead atoms. The summed E-state index contributed by atoms with van der Waals surface area (Å²) in [6.07, 6.45) is 3.91. The monoisotopic (exact) mass is 223 g/mol. The summed E-state index contributed by atoms with van der Waals surface area (Å²) in [6.45, 7) is 5.18. The molecule has 1 heterocycles. The molecule has 1 fully saturated rings. The third-order valence-corrected chi connectivity index (χ3v) is 2.90. The number of aromatic nitrogens is 1. The number of halogens is 1. The average molecular weight is 223 g/mol. The molecule has 0 atom stereocenters. The number of anilines is 1. The molecule has 1 aliphatic carbocycles. The second kappa shape index (κ2) is 5.25. The van der Waals surface area contributed by atoms with Gasteiger partial charge in [-0.25, -0.2) is 9.37 Å². The van der Waals surface area contributed by atoms with Crippen molar-refractivity contribution in [2.24, 2.45) is 0 Å². The Labute approximate surface area is 95.7 Å². The Morgan fingerprint density at radius 3 is 2.88 bits per heavy atom. The standard InChI is InChI=1S/C12H18FN3/c1-2-16(11-4-5-11)8-7-14-12-6-3-10(13)9-15-12/h3,6,9,11H,2,4-5,7-8H2,1H3,(H,14,15). The first-order chi connectivity index (χ1) is 7.79. The molecule has 1 aromatic heterocycles. The van der Waals surface area contributed by atoms with Gasteiger partial charge >= 0.3 is 0 Å². The van der Waals surface area contributed by atoms with Gasteiger partial charge in [-0.15, -0.1) is 0 Å². The Kier molecular flexibility index (Phi) is 3.72. The lowest BCUT2D eigenvalue weighted by atomic mass is 10.4. The van der Waals surface area contributed by atoms with Gasteiger partial charge in [-0.3, -0.25) is 4.90 Å². The molecule has 1 aromatic rings. The first-order valence-corrected chi connectivity index (χ1v) is 5.89. The number of rotatable bonds is 6. The first kappa shape index (κ1) is 11.3. The summed E-state index contributed by atoms with van der Waals surface area (Å²) in [5.74, 6) is 0.451. The fourth-order valence-electron chi connectivity index (χ4n) is 1.85. The fraction of sp³-hybridized carbons (Fsp3) is 0.583. The summed E-state index contributed by atoms with van der Waals surface area (Å²) in [7, 11) is 0. The lowest BCUT2D eigenvalue weighted by Gasteiger charge is -2.19. The second-order valence-electron chi connectivity index (χ2n) is 4.15. The Bertz CT molecular complexity index is 322. The summed E-state index contributed by atoms with van der Waals surface area (Å²) in [6, 6.07) is 3.89. The number of hydrogen-bond acceptors (Lipinski definition) is 3. The van der Waals surface area contributed by atoms with Crippen LogP contribution in [0.3, 0.4) is 0 Å². The quantitative estimate of drug-likeness (QED) is 0.800. The molecular formula is C12H18FN3. The topological polar surface area (TPSA) is 28.2 Å². The van der Waals surface area contributed by atoms with Crippen LogP contribution in [0.15, 0.2) is 18.3 Å². The second-order valence-corrected chi connectivity index (χ2v) is 4.15. The highest BCUT2D eigenvalue weighted by Gasteiger charge is 2.26. The average Bonchev–Trinajstić information content (AvgIpc) is 3.11. The molecular weight excluding hydrogens is 205 g/mol. The highest BCUT2D eigenvalue weighted by molar-refractivity contribution is 5.33. The van der Waals surface area contributed by atoms with Gasteiger partial charge in [0, 0.05) is 19.1 Å². The number of nitrogens with zero attached hydrogens (tertiary/aromatic N) is 2. The van der Waals surface area contributed by atoms with Crippen molar-refractivity contribution in [3.05, 3.63) is 24.1 Å². The molecule has 0 radical (unpaired) electrons. The molecule has 0 amide bonds. The van der Waals surface area contributed by atoms with Gasteiger partial charge < -0.3 is 5.32 Å². The molecule has 1 saturated carbocycles. The molecule has 0 aromatic carbocycles. The van der Waals surface area contributed by atoms with Gasteiger partial charge in [-0.1, -0.05) is 6.92 Å². The summed E-state index contributed by atoms with van der Waals surface area (Å²) >= 11 is 0. The molecule has 2 rings (SSSR count). The van der Waals surface area contributed by atoms with Crippen molar-refractivity contribution in [3.8, 4) is 0 Å². The van der Waals surface area contributed by atoms with Crippen molar-refractivity contribution in [1.29, 1.82) is 0 Å². The molecule has 4 heteroatoms. The minimum atomic E-state index is -0.293. The van der Waals surface area contributed by atoms with Gasteiger partial charge in [-0.2, -0.15) is 0 Å². The zero-order valence-corrected chi connectivity index (χ0v) is 9.62. The van der Waals surface area contributed by atoms with E-state index in [-0.39, 0.29) is 5.82 Å². The molecule has 0 spiro atoms. The van der Waals surface area contributed by atoms with E-state index >= 15 is 0 Å². The maximum absolute atomic E-state index is 12.6. The van der Waals surface area contributed by atoms with Crippen LogP contribution in [0.25, 0.3) is 0 Å². The van der Waals surface area contributed by atoms with E-state index < -0.39 is 0 Å². The van der Waals surface area contributed by atoms with Crippen molar-refractivity contribution in [2.45, 2.75) is 25.8 Å². The Hall–Kier alpha value is -1.16. The van der Waals surface area contributed by atoms with E-state index in [0.717, 1.165) is 31.5 Å². The van der Waals surface area contributed by atoms with Crippen LogP contribution >= 0.6 is 0 Å². The van der Waals surface area contributed by atoms with E-state index in [4.69, 9.17) is 0 Å². The molecule has 1 aliphatic rings. The summed E-state index contributed by atoms with van der Waals surface area (Å²) in [5.41, 5.74) is 0. The molecule has 0 aliphatic heterocycles. The minimum absolute atomic E-state index is 0.293. The fourth-order valence-corrected chi connectivity index (χ4v) is 1.85. The number of likely N-dealkylation sites (N-methyl/N-ethyl adjacent to an activating group) is 1. The van der Waals surface area contributed by atoms with Gasteiger partial charge in [0.2, 0.25) is 0 Å². The zero-order valence-electron chi connectivity index (χ0n) is 9.62. The Morgan fingerprint density at radius 2 is 2.31 bits per heavy atom. The summed E-state index contributed by atoms with van der Waals surface area (Å²) < 4.78 is 12.6. The van der Waals surface area contributed by atoms with Crippen LogP contribution < -0.4 is 5.32 Å². The van der Waals surface area contributed by atoms with Crippen molar-refractivity contribution in [1.82, 2.24) is 9.88 Å². The smallest absolute Gasteiger partial charge is 0.141 e. The van der Waals surface area contributed by atoms with Crippen LogP contribution in [-0.2, 0) is 0 Å². The van der Waals surface area contributed by atoms with E-state index in [0.29, 0.717) is 0 Å². The van der Waals surface area contributed by atoms with Gasteiger partial charge in [0.1, 0.15) is 11.6 Å². The third-order valence-electron chi connectivity index (χ3n) is 2.90. The summed E-state index contributed by atoms with van der Waals surface area (Å²) in [5, 5.41) is 3.20. The first-order valence-electron chi connectivity index (χ1n) is 5.89. The Balaban J connectivity index is 1.72. The maximum Gasteiger partial charge on any atom is 0.141 e. The number of pyridine rings is 1. The molecule has 0 saturated heterocycles. The van der Waals surface area contributed by atoms with Gasteiger partial charge in [-0.05, 0) is 31.5 Å². The minimum Gasteiger partial charge on any atom is -0.369 e. The van der Waals surface area contributed by atoms with Crippen molar-refractivity contribution >= 4 is 5.82 Å². The molecule has 0 unspecified atom stereocenters. The lowest BCUT2D eigenvalue weighted by Crippen LogP contribution is -2.31. The lowest BCUT2D eigenvalue weighted by molar-refractivity contribution is 0.289. The molecule has 16 heavy (non-hydrogen) atoms. The largest absolute Gasteiger partial charge is 0.369 e. The zero-order chi connectivity index (χ0) is 11.4. The highest BCUT2D eigenvalue weighted by Crippen LogP contribution is 2.25. The van der Waals surface area contributed by atoms with E-state index in [2.05, 4.69) is 22.1 Å². The van der Waals surface area contributed by atoms with Crippen LogP contribution in [0.5, 0.6) is 0 Å². The Morgan fingerprint density at radius 1 is 1.50 bits per heavy atom. The van der Waals surface area contributed by atoms with E-state index in [1.54, 1.807) is 6.07 Å². The van der Waals surface area contributed by atoms with Crippen molar-refractivity contribution < 1.29 is 4.39 Å². The van der Waals surface area contributed by atoms with Crippen molar-refractivity contribution in [3.63, 3.8) is 0 Å². The third kappa shape index (κ3) is 3.17. The molecule has 3 nitrogen and oxygen atoms in total. The normalized spacial score (nSPS) is 15.4. The molecule has 88 valence electrons. The maximum atomic E-state index is 12.6. The van der Waals surface area contributed by atoms with Crippen molar-refractivity contribution in [2.75, 3.05) is 25.0 Å². The van der Waals surface area contributed by atoms with Gasteiger partial charge in [0.25, 0.3) is 0 Å². The predicted molar refractivity (Wildman–Crippen MR) is 63.0 cm³/mol. The van der Waals surface area contributed by atoms with Crippen LogP contribution in [0.2, 0.25) is 0 Å². The van der Waals surface area contributed by atoms with E-state index in [1.807, 2.05) is 0 Å². The van der Waals surface area contributed by atoms with Gasteiger partial charge in [0.15, 0.2) is 0 Å². The van der Waals surface area contributed by atoms with Crippen LogP contribution in [0.1, 0.15) is 19.8 Å². The van der Waals surface area contributed by atoms with E-state index in [9.17, 15) is 4.39 Å². The number of hydrogen-bond donors (Lipinski definition) is 1. The highest BCUT2D eigenvalue weighted by atomic mass is 19.1. The predicted octanol–water partition coefficient (Wildman–Crippen LogP) is 2.12. The van der Waals surface area contributed by atoms with Crippen LogP contribution in [0, 0.1) is 5.82 Å². The number of nitrogens with one attached hydrogen (secondary N) is 1. The summed E-state index contributed by atoms with van der Waals surface area (Å²) in [4.78, 5) is 6.43. The SMILES string of the molecule is CCN(CCNc1ccc(F)cn1)C1CC1. The van der Waals surface area contributed by atoms with Crippen LogP contribution in [0.4, 0.5) is 10.2 Å². The van der Waals surface area contributed by atoms with E-state index in [1.165, 1.54) is 25.1 Å². The van der Waals surface area contributed by atoms with Crippen LogP contribution in [-0.4, -0.2) is 35.6 Å². The molecule has 1 N–H and O–H groups in total.